The molecule has 1 saturated carbocycles. The van der Waals surface area contributed by atoms with Crippen molar-refractivity contribution in [3.63, 3.8) is 0 Å². The monoisotopic (exact) mass is 297 g/mol. The molecule has 0 aliphatic heterocycles. The summed E-state index contributed by atoms with van der Waals surface area (Å²) in [7, 11) is 0. The summed E-state index contributed by atoms with van der Waals surface area (Å²) in [5.74, 6) is 0.923. The third kappa shape index (κ3) is 3.19. The number of nitrogens with zero attached hydrogens (tertiary/aromatic N) is 1. The first-order valence-corrected chi connectivity index (χ1v) is 7.11. The minimum atomic E-state index is 0.242. The number of nitrogens with one attached hydrogen (secondary N) is 1. The van der Waals surface area contributed by atoms with Gasteiger partial charge in [-0.2, -0.15) is 0 Å². The fraction of sp³-hybridized carbons (Fsp3) is 0.615. The zero-order chi connectivity index (χ0) is 12.3. The topological polar surface area (TPSA) is 50.9 Å². The molecule has 1 aliphatic rings. The van der Waals surface area contributed by atoms with Crippen LogP contribution in [0.25, 0.3) is 0 Å². The van der Waals surface area contributed by atoms with Crippen LogP contribution in [0.4, 0.5) is 5.82 Å². The van der Waals surface area contributed by atoms with Crippen molar-refractivity contribution in [1.29, 1.82) is 0 Å². The zero-order valence-electron chi connectivity index (χ0n) is 10.2. The first-order valence-electron chi connectivity index (χ1n) is 6.31. The quantitative estimate of drug-likeness (QED) is 0.824. The Bertz CT molecular complexity index is 381. The lowest BCUT2D eigenvalue weighted by molar-refractivity contribution is 0.527. The van der Waals surface area contributed by atoms with E-state index in [4.69, 9.17) is 5.73 Å². The van der Waals surface area contributed by atoms with Gasteiger partial charge in [0, 0.05) is 18.3 Å². The average molecular weight is 298 g/mol. The van der Waals surface area contributed by atoms with Gasteiger partial charge in [-0.05, 0) is 47.3 Å². The molecule has 94 valence electrons. The minimum Gasteiger partial charge on any atom is -0.365 e. The van der Waals surface area contributed by atoms with Crippen molar-refractivity contribution in [3.05, 3.63) is 22.3 Å². The molecule has 3 nitrogen and oxygen atoms in total. The summed E-state index contributed by atoms with van der Waals surface area (Å²) in [6, 6.07) is 2.59. The Morgan fingerprint density at radius 1 is 1.35 bits per heavy atom. The highest BCUT2D eigenvalue weighted by Crippen LogP contribution is 2.26. The van der Waals surface area contributed by atoms with Gasteiger partial charge in [-0.3, -0.25) is 0 Å². The molecular weight excluding hydrogens is 278 g/mol. The van der Waals surface area contributed by atoms with Gasteiger partial charge in [-0.1, -0.05) is 19.3 Å². The second-order valence-corrected chi connectivity index (χ2v) is 5.64. The summed E-state index contributed by atoms with van der Waals surface area (Å²) >= 11 is 3.58. The number of pyridine rings is 1. The molecule has 2 rings (SSSR count). The summed E-state index contributed by atoms with van der Waals surface area (Å²) in [5, 5.41) is 3.50. The van der Waals surface area contributed by atoms with Crippen LogP contribution in [0.1, 0.15) is 37.7 Å². The molecule has 0 spiro atoms. The van der Waals surface area contributed by atoms with E-state index in [1.807, 2.05) is 12.3 Å². The van der Waals surface area contributed by atoms with E-state index in [9.17, 15) is 0 Å². The normalized spacial score (nSPS) is 25.4. The van der Waals surface area contributed by atoms with Crippen molar-refractivity contribution >= 4 is 21.7 Å². The van der Waals surface area contributed by atoms with Crippen LogP contribution in [0, 0.1) is 6.92 Å². The summed E-state index contributed by atoms with van der Waals surface area (Å²) in [4.78, 5) is 4.38. The molecule has 0 saturated heterocycles. The number of anilines is 1. The number of aryl methyl sites for hydroxylation is 1. The number of aromatic nitrogens is 1. The van der Waals surface area contributed by atoms with Crippen molar-refractivity contribution in [1.82, 2.24) is 4.98 Å². The SMILES string of the molecule is Cc1ccnc(NC2CCCCCC2N)c1Br. The predicted molar refractivity (Wildman–Crippen MR) is 75.1 cm³/mol. The molecule has 0 radical (unpaired) electrons. The van der Waals surface area contributed by atoms with E-state index in [0.29, 0.717) is 6.04 Å². The lowest BCUT2D eigenvalue weighted by Gasteiger charge is -2.24. The number of hydrogen-bond donors (Lipinski definition) is 2. The standard InChI is InChI=1S/C13H20BrN3/c1-9-7-8-16-13(12(9)14)17-11-6-4-2-3-5-10(11)15/h7-8,10-11H,2-6,15H2,1H3,(H,16,17). The number of rotatable bonds is 2. The van der Waals surface area contributed by atoms with Crippen LogP contribution in [0.15, 0.2) is 16.7 Å². The molecule has 2 atom stereocenters. The van der Waals surface area contributed by atoms with Gasteiger partial charge in [0.05, 0.1) is 4.47 Å². The second-order valence-electron chi connectivity index (χ2n) is 4.84. The molecule has 1 aromatic heterocycles. The second kappa shape index (κ2) is 5.83. The highest BCUT2D eigenvalue weighted by Gasteiger charge is 2.21. The van der Waals surface area contributed by atoms with Gasteiger partial charge < -0.3 is 11.1 Å². The van der Waals surface area contributed by atoms with Crippen LogP contribution < -0.4 is 11.1 Å². The van der Waals surface area contributed by atoms with Crippen LogP contribution >= 0.6 is 15.9 Å². The third-order valence-corrected chi connectivity index (χ3v) is 4.47. The Hall–Kier alpha value is -0.610. The van der Waals surface area contributed by atoms with Crippen molar-refractivity contribution in [3.8, 4) is 0 Å². The molecule has 0 aromatic carbocycles. The highest BCUT2D eigenvalue weighted by molar-refractivity contribution is 9.10. The van der Waals surface area contributed by atoms with E-state index >= 15 is 0 Å². The van der Waals surface area contributed by atoms with Crippen LogP contribution in [-0.4, -0.2) is 17.1 Å². The molecule has 3 N–H and O–H groups in total. The van der Waals surface area contributed by atoms with Crippen LogP contribution in [0.2, 0.25) is 0 Å². The third-order valence-electron chi connectivity index (χ3n) is 3.47. The molecule has 4 heteroatoms. The first kappa shape index (κ1) is 12.8. The summed E-state index contributed by atoms with van der Waals surface area (Å²) in [6.07, 6.45) is 7.90. The Labute approximate surface area is 111 Å². The first-order chi connectivity index (χ1) is 8.18. The largest absolute Gasteiger partial charge is 0.365 e. The van der Waals surface area contributed by atoms with Gasteiger partial charge in [-0.25, -0.2) is 4.98 Å². The fourth-order valence-corrected chi connectivity index (χ4v) is 2.68. The van der Waals surface area contributed by atoms with Gasteiger partial charge in [-0.15, -0.1) is 0 Å². The van der Waals surface area contributed by atoms with Crippen LogP contribution in [0.5, 0.6) is 0 Å². The maximum atomic E-state index is 6.21. The molecule has 0 bridgehead atoms. The molecule has 1 aliphatic carbocycles. The zero-order valence-corrected chi connectivity index (χ0v) is 11.8. The predicted octanol–water partition coefficient (Wildman–Crippen LogP) is 3.22. The Morgan fingerprint density at radius 3 is 2.94 bits per heavy atom. The lowest BCUT2D eigenvalue weighted by atomic mass is 10.0. The summed E-state index contributed by atoms with van der Waals surface area (Å²) < 4.78 is 1.05. The van der Waals surface area contributed by atoms with E-state index in [1.54, 1.807) is 0 Å². The molecule has 0 amide bonds. The van der Waals surface area contributed by atoms with Gasteiger partial charge in [0.2, 0.25) is 0 Å². The maximum Gasteiger partial charge on any atom is 0.140 e. The van der Waals surface area contributed by atoms with Crippen molar-refractivity contribution in [2.45, 2.75) is 51.1 Å². The summed E-state index contributed by atoms with van der Waals surface area (Å²) in [6.45, 7) is 2.07. The fourth-order valence-electron chi connectivity index (χ4n) is 2.33. The van der Waals surface area contributed by atoms with Gasteiger partial charge in [0.15, 0.2) is 0 Å². The molecule has 1 heterocycles. The maximum absolute atomic E-state index is 6.21. The van der Waals surface area contributed by atoms with E-state index < -0.39 is 0 Å². The van der Waals surface area contributed by atoms with Crippen molar-refractivity contribution < 1.29 is 0 Å². The Balaban J connectivity index is 2.10. The van der Waals surface area contributed by atoms with Gasteiger partial charge >= 0.3 is 0 Å². The summed E-state index contributed by atoms with van der Waals surface area (Å²) in [5.41, 5.74) is 7.41. The number of halogens is 1. The van der Waals surface area contributed by atoms with Crippen molar-refractivity contribution in [2.24, 2.45) is 5.73 Å². The van der Waals surface area contributed by atoms with E-state index in [-0.39, 0.29) is 6.04 Å². The Kier molecular flexibility index (Phi) is 4.40. The smallest absolute Gasteiger partial charge is 0.140 e. The van der Waals surface area contributed by atoms with Crippen LogP contribution in [0.3, 0.4) is 0 Å². The van der Waals surface area contributed by atoms with E-state index in [0.717, 1.165) is 23.1 Å². The average Bonchev–Trinajstić information content (AvgIpc) is 2.51. The molecule has 1 fully saturated rings. The van der Waals surface area contributed by atoms with Gasteiger partial charge in [0.1, 0.15) is 5.82 Å². The molecule has 17 heavy (non-hydrogen) atoms. The minimum absolute atomic E-state index is 0.242. The van der Waals surface area contributed by atoms with Crippen LogP contribution in [-0.2, 0) is 0 Å². The van der Waals surface area contributed by atoms with E-state index in [1.165, 1.54) is 24.8 Å². The lowest BCUT2D eigenvalue weighted by Crippen LogP contribution is -2.39. The van der Waals surface area contributed by atoms with Crippen molar-refractivity contribution in [2.75, 3.05) is 5.32 Å². The Morgan fingerprint density at radius 2 is 2.12 bits per heavy atom. The molecular formula is C13H20BrN3. The van der Waals surface area contributed by atoms with Gasteiger partial charge in [0.25, 0.3) is 0 Å². The number of nitrogens with two attached hydrogens (primary N) is 1. The number of hydrogen-bond acceptors (Lipinski definition) is 3. The highest BCUT2D eigenvalue weighted by atomic mass is 79.9. The van der Waals surface area contributed by atoms with E-state index in [2.05, 4.69) is 33.2 Å². The molecule has 1 aromatic rings. The molecule has 2 unspecified atom stereocenters.